The van der Waals surface area contributed by atoms with Crippen molar-refractivity contribution < 1.29 is 4.74 Å². The number of imidazole rings is 1. The summed E-state index contributed by atoms with van der Waals surface area (Å²) in [7, 11) is 0. The van der Waals surface area contributed by atoms with Gasteiger partial charge < -0.3 is 14.6 Å². The van der Waals surface area contributed by atoms with Crippen molar-refractivity contribution in [3.05, 3.63) is 36.7 Å². The second-order valence-electron chi connectivity index (χ2n) is 5.65. The van der Waals surface area contributed by atoms with E-state index in [0.29, 0.717) is 12.6 Å². The van der Waals surface area contributed by atoms with Crippen molar-refractivity contribution in [1.82, 2.24) is 19.5 Å². The third kappa shape index (κ3) is 2.55. The largest absolute Gasteiger partial charge is 0.379 e. The molecule has 3 aromatic rings. The Morgan fingerprint density at radius 1 is 1.26 bits per heavy atom. The van der Waals surface area contributed by atoms with Crippen LogP contribution in [0.1, 0.15) is 13.3 Å². The molecule has 1 atom stereocenters. The minimum Gasteiger partial charge on any atom is -0.379 e. The van der Waals surface area contributed by atoms with Crippen LogP contribution < -0.4 is 5.32 Å². The zero-order chi connectivity index (χ0) is 15.6. The number of ether oxygens (including phenoxy) is 1. The number of nitrogens with zero attached hydrogens (tertiary/aromatic N) is 4. The lowest BCUT2D eigenvalue weighted by atomic mass is 10.2. The number of fused-ring (bicyclic) bond motifs is 1. The van der Waals surface area contributed by atoms with Crippen molar-refractivity contribution in [1.29, 1.82) is 0 Å². The van der Waals surface area contributed by atoms with E-state index in [-0.39, 0.29) is 0 Å². The summed E-state index contributed by atoms with van der Waals surface area (Å²) in [5, 5.41) is 3.45. The summed E-state index contributed by atoms with van der Waals surface area (Å²) in [4.78, 5) is 13.7. The predicted octanol–water partition coefficient (Wildman–Crippen LogP) is 2.71. The van der Waals surface area contributed by atoms with Gasteiger partial charge in [0, 0.05) is 18.7 Å². The molecule has 2 aromatic heterocycles. The van der Waals surface area contributed by atoms with Gasteiger partial charge >= 0.3 is 0 Å². The molecule has 1 fully saturated rings. The average Bonchev–Trinajstić information content (AvgIpc) is 3.23. The van der Waals surface area contributed by atoms with Crippen LogP contribution in [0.4, 0.5) is 5.82 Å². The lowest BCUT2D eigenvalue weighted by Crippen LogP contribution is -2.20. The van der Waals surface area contributed by atoms with Crippen LogP contribution in [0.2, 0.25) is 0 Å². The molecule has 0 radical (unpaired) electrons. The van der Waals surface area contributed by atoms with Gasteiger partial charge in [-0.1, -0.05) is 30.3 Å². The van der Waals surface area contributed by atoms with Gasteiger partial charge in [0.1, 0.15) is 12.2 Å². The molecule has 0 amide bonds. The molecule has 4 rings (SSSR count). The second-order valence-corrected chi connectivity index (χ2v) is 5.65. The number of aromatic nitrogens is 4. The van der Waals surface area contributed by atoms with E-state index in [0.717, 1.165) is 47.9 Å². The van der Waals surface area contributed by atoms with Gasteiger partial charge in [0.05, 0.1) is 12.6 Å². The van der Waals surface area contributed by atoms with Crippen molar-refractivity contribution >= 4 is 17.0 Å². The quantitative estimate of drug-likeness (QED) is 0.803. The molecule has 6 nitrogen and oxygen atoms in total. The lowest BCUT2D eigenvalue weighted by molar-refractivity contribution is 0.195. The predicted molar refractivity (Wildman–Crippen MR) is 89.3 cm³/mol. The van der Waals surface area contributed by atoms with Crippen LogP contribution in [0, 0.1) is 0 Å². The summed E-state index contributed by atoms with van der Waals surface area (Å²) in [6, 6.07) is 10.5. The number of hydrogen-bond donors (Lipinski definition) is 1. The normalized spacial score (nSPS) is 17.7. The molecule has 23 heavy (non-hydrogen) atoms. The maximum atomic E-state index is 5.43. The molecule has 0 saturated carbocycles. The third-order valence-corrected chi connectivity index (χ3v) is 4.15. The number of aryl methyl sites for hydroxylation is 1. The highest BCUT2D eigenvalue weighted by atomic mass is 16.5. The number of nitrogens with one attached hydrogen (secondary N) is 1. The van der Waals surface area contributed by atoms with E-state index in [4.69, 9.17) is 9.72 Å². The van der Waals surface area contributed by atoms with Gasteiger partial charge in [-0.05, 0) is 13.3 Å². The smallest absolute Gasteiger partial charge is 0.165 e. The maximum Gasteiger partial charge on any atom is 0.165 e. The van der Waals surface area contributed by atoms with Crippen molar-refractivity contribution in [2.45, 2.75) is 25.9 Å². The summed E-state index contributed by atoms with van der Waals surface area (Å²) in [6.45, 7) is 4.42. The molecule has 118 valence electrons. The maximum absolute atomic E-state index is 5.43. The highest BCUT2D eigenvalue weighted by Crippen LogP contribution is 2.27. The summed E-state index contributed by atoms with van der Waals surface area (Å²) < 4.78 is 7.56. The van der Waals surface area contributed by atoms with Gasteiger partial charge in [0.25, 0.3) is 0 Å². The Labute approximate surface area is 134 Å². The Balaban J connectivity index is 1.82. The zero-order valence-corrected chi connectivity index (χ0v) is 13.1. The first-order valence-electron chi connectivity index (χ1n) is 7.97. The van der Waals surface area contributed by atoms with Gasteiger partial charge in [-0.2, -0.15) is 0 Å². The second kappa shape index (κ2) is 5.96. The minimum atomic E-state index is 0.292. The fourth-order valence-corrected chi connectivity index (χ4v) is 2.99. The first kappa shape index (κ1) is 14.1. The van der Waals surface area contributed by atoms with E-state index < -0.39 is 0 Å². The van der Waals surface area contributed by atoms with Crippen LogP contribution in [0.15, 0.2) is 36.7 Å². The summed E-state index contributed by atoms with van der Waals surface area (Å²) in [6.07, 6.45) is 2.59. The summed E-state index contributed by atoms with van der Waals surface area (Å²) in [5.41, 5.74) is 2.77. The summed E-state index contributed by atoms with van der Waals surface area (Å²) >= 11 is 0. The minimum absolute atomic E-state index is 0.292. The van der Waals surface area contributed by atoms with Gasteiger partial charge in [-0.3, -0.25) is 0 Å². The van der Waals surface area contributed by atoms with Crippen LogP contribution in [-0.2, 0) is 11.3 Å². The van der Waals surface area contributed by atoms with Crippen molar-refractivity contribution in [2.24, 2.45) is 0 Å². The SMILES string of the molecule is CCn1c(-c2ccccc2)nc2c(NC3CCOC3)ncnc21. The topological polar surface area (TPSA) is 64.9 Å². The van der Waals surface area contributed by atoms with E-state index in [9.17, 15) is 0 Å². The van der Waals surface area contributed by atoms with E-state index in [1.807, 2.05) is 18.2 Å². The lowest BCUT2D eigenvalue weighted by Gasteiger charge is -2.11. The molecule has 1 aliphatic heterocycles. The standard InChI is InChI=1S/C17H19N5O/c1-2-22-16(12-6-4-3-5-7-12)21-14-15(18-11-19-17(14)22)20-13-8-9-23-10-13/h3-7,11,13H,2,8-10H2,1H3,(H,18,19,20). The molecule has 6 heteroatoms. The van der Waals surface area contributed by atoms with Crippen LogP contribution in [0.25, 0.3) is 22.6 Å². The van der Waals surface area contributed by atoms with Crippen LogP contribution in [-0.4, -0.2) is 38.8 Å². The average molecular weight is 309 g/mol. The number of hydrogen-bond acceptors (Lipinski definition) is 5. The third-order valence-electron chi connectivity index (χ3n) is 4.15. The van der Waals surface area contributed by atoms with Crippen LogP contribution in [0.3, 0.4) is 0 Å². The highest BCUT2D eigenvalue weighted by molar-refractivity contribution is 5.86. The Kier molecular flexibility index (Phi) is 3.67. The van der Waals surface area contributed by atoms with Crippen LogP contribution >= 0.6 is 0 Å². The molecule has 0 bridgehead atoms. The monoisotopic (exact) mass is 309 g/mol. The van der Waals surface area contributed by atoms with Crippen molar-refractivity contribution in [3.63, 3.8) is 0 Å². The first-order valence-corrected chi connectivity index (χ1v) is 7.97. The highest BCUT2D eigenvalue weighted by Gasteiger charge is 2.20. The molecule has 1 aliphatic rings. The summed E-state index contributed by atoms with van der Waals surface area (Å²) in [5.74, 6) is 1.71. The molecule has 1 saturated heterocycles. The van der Waals surface area contributed by atoms with E-state index in [1.54, 1.807) is 6.33 Å². The molecule has 0 aliphatic carbocycles. The first-order chi connectivity index (χ1) is 11.4. The van der Waals surface area contributed by atoms with Crippen molar-refractivity contribution in [2.75, 3.05) is 18.5 Å². The Morgan fingerprint density at radius 2 is 2.13 bits per heavy atom. The van der Waals surface area contributed by atoms with E-state index >= 15 is 0 Å². The molecular formula is C17H19N5O. The zero-order valence-electron chi connectivity index (χ0n) is 13.1. The van der Waals surface area contributed by atoms with Crippen LogP contribution in [0.5, 0.6) is 0 Å². The van der Waals surface area contributed by atoms with Crippen molar-refractivity contribution in [3.8, 4) is 11.4 Å². The molecular weight excluding hydrogens is 290 g/mol. The molecule has 3 heterocycles. The molecule has 0 spiro atoms. The van der Waals surface area contributed by atoms with E-state index in [1.165, 1.54) is 0 Å². The Hall–Kier alpha value is -2.47. The van der Waals surface area contributed by atoms with E-state index in [2.05, 4.69) is 38.9 Å². The molecule has 1 N–H and O–H groups in total. The van der Waals surface area contributed by atoms with Gasteiger partial charge in [-0.25, -0.2) is 15.0 Å². The van der Waals surface area contributed by atoms with Gasteiger partial charge in [-0.15, -0.1) is 0 Å². The number of benzene rings is 1. The Morgan fingerprint density at radius 3 is 2.87 bits per heavy atom. The molecule has 1 aromatic carbocycles. The molecule has 1 unspecified atom stereocenters. The van der Waals surface area contributed by atoms with Gasteiger partial charge in [0.15, 0.2) is 17.0 Å². The van der Waals surface area contributed by atoms with Gasteiger partial charge in [0.2, 0.25) is 0 Å². The fraction of sp³-hybridized carbons (Fsp3) is 0.353. The number of rotatable bonds is 4. The fourth-order valence-electron chi connectivity index (χ4n) is 2.99. The Bertz CT molecular complexity index is 808. The number of anilines is 1.